The highest BCUT2D eigenvalue weighted by Gasteiger charge is 2.35. The normalized spacial score (nSPS) is 24.2. The number of hydrogen-bond acceptors (Lipinski definition) is 5. The Bertz CT molecular complexity index is 835. The van der Waals surface area contributed by atoms with Crippen molar-refractivity contribution < 1.29 is 27.9 Å². The number of carboxylic acid groups (broad SMARTS) is 1. The molecule has 3 rings (SSSR count). The van der Waals surface area contributed by atoms with Gasteiger partial charge in [0.05, 0.1) is 16.5 Å². The lowest BCUT2D eigenvalue weighted by Crippen LogP contribution is -2.42. The van der Waals surface area contributed by atoms with Crippen LogP contribution in [0.3, 0.4) is 0 Å². The molecule has 0 aromatic heterocycles. The Kier molecular flexibility index (Phi) is 4.46. The summed E-state index contributed by atoms with van der Waals surface area (Å²) in [6.07, 6.45) is 0.262. The average molecular weight is 368 g/mol. The number of rotatable bonds is 3. The molecule has 1 amide bonds. The zero-order valence-corrected chi connectivity index (χ0v) is 14.8. The third-order valence-electron chi connectivity index (χ3n) is 4.56. The lowest BCUT2D eigenvalue weighted by Gasteiger charge is -2.31. The molecule has 1 saturated heterocycles. The summed E-state index contributed by atoms with van der Waals surface area (Å²) in [5, 5.41) is 11.9. The van der Waals surface area contributed by atoms with Crippen LogP contribution in [0.1, 0.15) is 25.3 Å². The number of fused-ring (bicyclic) bond motifs is 1. The zero-order chi connectivity index (χ0) is 18.4. The molecule has 1 aromatic carbocycles. The number of piperidine rings is 1. The lowest BCUT2D eigenvalue weighted by molar-refractivity contribution is -0.142. The first-order chi connectivity index (χ1) is 11.7. The molecule has 0 aliphatic carbocycles. The van der Waals surface area contributed by atoms with Crippen molar-refractivity contribution in [2.24, 2.45) is 5.92 Å². The second kappa shape index (κ2) is 6.30. The second-order valence-electron chi connectivity index (χ2n) is 6.40. The van der Waals surface area contributed by atoms with Gasteiger partial charge in [-0.3, -0.25) is 9.59 Å². The molecular formula is C16H20N2O6S. The smallest absolute Gasteiger partial charge is 0.307 e. The molecule has 25 heavy (non-hydrogen) atoms. The molecule has 2 unspecified atom stereocenters. The van der Waals surface area contributed by atoms with Gasteiger partial charge in [0.1, 0.15) is 5.75 Å². The minimum atomic E-state index is -3.85. The van der Waals surface area contributed by atoms with E-state index in [-0.39, 0.29) is 23.9 Å². The number of ether oxygens (including phenoxy) is 1. The third kappa shape index (κ3) is 3.21. The summed E-state index contributed by atoms with van der Waals surface area (Å²) in [7, 11) is -3.85. The lowest BCUT2D eigenvalue weighted by atomic mass is 10.0. The van der Waals surface area contributed by atoms with E-state index in [0.717, 1.165) is 0 Å². The van der Waals surface area contributed by atoms with Gasteiger partial charge in [-0.2, -0.15) is 4.31 Å². The van der Waals surface area contributed by atoms with E-state index in [4.69, 9.17) is 4.74 Å². The van der Waals surface area contributed by atoms with Crippen molar-refractivity contribution in [1.82, 2.24) is 4.31 Å². The Morgan fingerprint density at radius 3 is 2.80 bits per heavy atom. The molecule has 2 aliphatic heterocycles. The summed E-state index contributed by atoms with van der Waals surface area (Å²) < 4.78 is 32.7. The number of nitrogens with one attached hydrogen (secondary N) is 1. The third-order valence-corrected chi connectivity index (χ3v) is 6.57. The maximum Gasteiger partial charge on any atom is 0.307 e. The minimum Gasteiger partial charge on any atom is -0.481 e. The Morgan fingerprint density at radius 2 is 2.12 bits per heavy atom. The average Bonchev–Trinajstić information content (AvgIpc) is 2.56. The molecule has 136 valence electrons. The molecule has 2 heterocycles. The van der Waals surface area contributed by atoms with Crippen molar-refractivity contribution in [1.29, 1.82) is 0 Å². The number of amides is 1. The fourth-order valence-corrected chi connectivity index (χ4v) is 4.87. The van der Waals surface area contributed by atoms with Crippen LogP contribution in [-0.4, -0.2) is 48.9 Å². The van der Waals surface area contributed by atoms with E-state index in [1.54, 1.807) is 19.9 Å². The monoisotopic (exact) mass is 368 g/mol. The predicted octanol–water partition coefficient (Wildman–Crippen LogP) is 1.20. The van der Waals surface area contributed by atoms with Crippen LogP contribution < -0.4 is 10.1 Å². The topological polar surface area (TPSA) is 113 Å². The minimum absolute atomic E-state index is 0.0395. The molecule has 0 saturated carbocycles. The van der Waals surface area contributed by atoms with E-state index in [1.165, 1.54) is 10.4 Å². The number of sulfonamides is 1. The van der Waals surface area contributed by atoms with Gasteiger partial charge in [0.25, 0.3) is 5.91 Å². The van der Waals surface area contributed by atoms with E-state index >= 15 is 0 Å². The summed E-state index contributed by atoms with van der Waals surface area (Å²) in [5.41, 5.74) is 0.899. The first-order valence-electron chi connectivity index (χ1n) is 8.05. The SMILES string of the molecule is Cc1cc2c(cc1S(=O)(=O)N1CCCC(C(=O)O)C1)OC(C)C(=O)N2. The van der Waals surface area contributed by atoms with Crippen LogP contribution in [-0.2, 0) is 19.6 Å². The molecule has 2 aliphatic rings. The number of carboxylic acids is 1. The van der Waals surface area contributed by atoms with Gasteiger partial charge in [0.2, 0.25) is 10.0 Å². The van der Waals surface area contributed by atoms with Crippen molar-refractivity contribution in [2.75, 3.05) is 18.4 Å². The quantitative estimate of drug-likeness (QED) is 0.829. The summed E-state index contributed by atoms with van der Waals surface area (Å²) in [6.45, 7) is 3.46. The summed E-state index contributed by atoms with van der Waals surface area (Å²) >= 11 is 0. The van der Waals surface area contributed by atoms with E-state index in [2.05, 4.69) is 5.32 Å². The number of aliphatic carboxylic acids is 1. The molecule has 1 fully saturated rings. The highest BCUT2D eigenvalue weighted by molar-refractivity contribution is 7.89. The summed E-state index contributed by atoms with van der Waals surface area (Å²) in [5.74, 6) is -1.68. The van der Waals surface area contributed by atoms with Gasteiger partial charge < -0.3 is 15.2 Å². The number of nitrogens with zero attached hydrogens (tertiary/aromatic N) is 1. The molecule has 2 atom stereocenters. The number of hydrogen-bond donors (Lipinski definition) is 2. The van der Waals surface area contributed by atoms with Crippen LogP contribution in [0.15, 0.2) is 17.0 Å². The molecule has 8 nitrogen and oxygen atoms in total. The largest absolute Gasteiger partial charge is 0.481 e. The van der Waals surface area contributed by atoms with Gasteiger partial charge in [-0.05, 0) is 38.3 Å². The number of anilines is 1. The van der Waals surface area contributed by atoms with Gasteiger partial charge in [-0.15, -0.1) is 0 Å². The number of carbonyl (C=O) groups excluding carboxylic acids is 1. The molecule has 0 bridgehead atoms. The Labute approximate surface area is 145 Å². The Morgan fingerprint density at radius 1 is 1.40 bits per heavy atom. The van der Waals surface area contributed by atoms with Crippen molar-refractivity contribution in [2.45, 2.75) is 37.7 Å². The summed E-state index contributed by atoms with van der Waals surface area (Å²) in [4.78, 5) is 23.0. The summed E-state index contributed by atoms with van der Waals surface area (Å²) in [6, 6.07) is 2.96. The van der Waals surface area contributed by atoms with Crippen LogP contribution in [0.5, 0.6) is 5.75 Å². The van der Waals surface area contributed by atoms with E-state index in [9.17, 15) is 23.1 Å². The molecule has 2 N–H and O–H groups in total. The van der Waals surface area contributed by atoms with E-state index in [0.29, 0.717) is 29.8 Å². The first-order valence-corrected chi connectivity index (χ1v) is 9.49. The van der Waals surface area contributed by atoms with Crippen LogP contribution in [0, 0.1) is 12.8 Å². The van der Waals surface area contributed by atoms with Crippen LogP contribution >= 0.6 is 0 Å². The Hall–Kier alpha value is -2.13. The second-order valence-corrected chi connectivity index (χ2v) is 8.31. The van der Waals surface area contributed by atoms with E-state index in [1.807, 2.05) is 0 Å². The van der Waals surface area contributed by atoms with Crippen LogP contribution in [0.2, 0.25) is 0 Å². The van der Waals surface area contributed by atoms with Gasteiger partial charge in [0, 0.05) is 19.2 Å². The predicted molar refractivity (Wildman–Crippen MR) is 89.0 cm³/mol. The van der Waals surface area contributed by atoms with Crippen molar-refractivity contribution in [3.05, 3.63) is 17.7 Å². The van der Waals surface area contributed by atoms with E-state index < -0.39 is 28.0 Å². The maximum absolute atomic E-state index is 13.0. The molecule has 0 spiro atoms. The number of benzene rings is 1. The number of carbonyl (C=O) groups is 2. The molecule has 1 aromatic rings. The molecule has 9 heteroatoms. The molecule has 0 radical (unpaired) electrons. The van der Waals surface area contributed by atoms with Crippen molar-refractivity contribution >= 4 is 27.6 Å². The van der Waals surface area contributed by atoms with Crippen molar-refractivity contribution in [3.63, 3.8) is 0 Å². The van der Waals surface area contributed by atoms with Gasteiger partial charge in [0.15, 0.2) is 6.10 Å². The maximum atomic E-state index is 13.0. The highest BCUT2D eigenvalue weighted by atomic mass is 32.2. The molecular weight excluding hydrogens is 348 g/mol. The Balaban J connectivity index is 1.96. The zero-order valence-electron chi connectivity index (χ0n) is 14.0. The standard InChI is InChI=1S/C16H20N2O6S/c1-9-6-12-13(24-10(2)15(19)17-12)7-14(9)25(22,23)18-5-3-4-11(8-18)16(20)21/h6-7,10-11H,3-5,8H2,1-2H3,(H,17,19)(H,20,21). The van der Waals surface area contributed by atoms with Crippen LogP contribution in [0.25, 0.3) is 0 Å². The first kappa shape index (κ1) is 17.7. The highest BCUT2D eigenvalue weighted by Crippen LogP contribution is 2.36. The van der Waals surface area contributed by atoms with Gasteiger partial charge in [-0.1, -0.05) is 0 Å². The number of aryl methyl sites for hydroxylation is 1. The van der Waals surface area contributed by atoms with Gasteiger partial charge in [-0.25, -0.2) is 8.42 Å². The van der Waals surface area contributed by atoms with Gasteiger partial charge >= 0.3 is 5.97 Å². The fourth-order valence-electron chi connectivity index (χ4n) is 3.12. The fraction of sp³-hybridized carbons (Fsp3) is 0.500. The van der Waals surface area contributed by atoms with Crippen LogP contribution in [0.4, 0.5) is 5.69 Å². The van der Waals surface area contributed by atoms with Crippen molar-refractivity contribution in [3.8, 4) is 5.75 Å².